The standard InChI is InChI=1S/C52H35N3/c1-4-15-36(16-5-1)49-35-50(55-51(54-49)38-28-26-37(27-29-38)48-25-12-13-32-53-48)41-18-14-17-39(33-41)40-30-31-45-44-23-10-11-24-46(44)52(47(45)34-40,42-19-6-2-7-20-42)43-21-8-3-9-22-43/h1-35H. The first-order chi connectivity index (χ1) is 27.3. The summed E-state index contributed by atoms with van der Waals surface area (Å²) >= 11 is 0. The second-order valence-electron chi connectivity index (χ2n) is 14.0. The van der Waals surface area contributed by atoms with Crippen LogP contribution < -0.4 is 0 Å². The van der Waals surface area contributed by atoms with Crippen LogP contribution >= 0.6 is 0 Å². The van der Waals surface area contributed by atoms with E-state index in [2.05, 4.69) is 187 Å². The van der Waals surface area contributed by atoms with Crippen LogP contribution in [0.5, 0.6) is 0 Å². The summed E-state index contributed by atoms with van der Waals surface area (Å²) in [6, 6.07) is 73.3. The molecule has 0 bridgehead atoms. The molecule has 0 amide bonds. The Kier molecular flexibility index (Phi) is 8.04. The van der Waals surface area contributed by atoms with Crippen LogP contribution in [0.1, 0.15) is 22.3 Å². The summed E-state index contributed by atoms with van der Waals surface area (Å²) in [7, 11) is 0. The van der Waals surface area contributed by atoms with Crippen LogP contribution in [0.25, 0.3) is 67.4 Å². The minimum Gasteiger partial charge on any atom is -0.256 e. The molecule has 2 heterocycles. The Labute approximate surface area is 321 Å². The lowest BCUT2D eigenvalue weighted by Crippen LogP contribution is -2.28. The van der Waals surface area contributed by atoms with Gasteiger partial charge in [0.2, 0.25) is 0 Å². The van der Waals surface area contributed by atoms with E-state index in [0.29, 0.717) is 5.82 Å². The SMILES string of the molecule is c1ccc(-c2cc(-c3cccc(-c4ccc5c(c4)C(c4ccccc4)(c4ccccc4)c4ccccc4-5)c3)nc(-c3ccc(-c4ccccn4)cc3)n2)cc1. The minimum atomic E-state index is -0.458. The van der Waals surface area contributed by atoms with Gasteiger partial charge in [0.15, 0.2) is 5.82 Å². The topological polar surface area (TPSA) is 38.7 Å². The lowest BCUT2D eigenvalue weighted by Gasteiger charge is -2.34. The Balaban J connectivity index is 1.11. The van der Waals surface area contributed by atoms with E-state index < -0.39 is 5.41 Å². The van der Waals surface area contributed by atoms with E-state index in [1.165, 1.54) is 33.4 Å². The lowest BCUT2D eigenvalue weighted by atomic mass is 9.67. The van der Waals surface area contributed by atoms with Gasteiger partial charge in [0, 0.05) is 28.5 Å². The summed E-state index contributed by atoms with van der Waals surface area (Å²) in [6.07, 6.45) is 1.82. The first kappa shape index (κ1) is 32.4. The van der Waals surface area contributed by atoms with Crippen molar-refractivity contribution in [3.05, 3.63) is 235 Å². The summed E-state index contributed by atoms with van der Waals surface area (Å²) in [4.78, 5) is 14.8. The zero-order valence-electron chi connectivity index (χ0n) is 30.0. The average Bonchev–Trinajstić information content (AvgIpc) is 3.58. The molecule has 0 spiro atoms. The van der Waals surface area contributed by atoms with E-state index in [0.717, 1.165) is 50.5 Å². The van der Waals surface area contributed by atoms with Gasteiger partial charge >= 0.3 is 0 Å². The Morgan fingerprint density at radius 1 is 0.309 bits per heavy atom. The molecule has 3 heteroatoms. The van der Waals surface area contributed by atoms with Crippen molar-refractivity contribution in [3.63, 3.8) is 0 Å². The number of pyridine rings is 1. The van der Waals surface area contributed by atoms with Gasteiger partial charge in [-0.3, -0.25) is 4.98 Å². The van der Waals surface area contributed by atoms with Gasteiger partial charge in [0.25, 0.3) is 0 Å². The lowest BCUT2D eigenvalue weighted by molar-refractivity contribution is 0.769. The maximum absolute atomic E-state index is 5.20. The van der Waals surface area contributed by atoms with E-state index in [1.807, 2.05) is 30.5 Å². The number of aromatic nitrogens is 3. The zero-order chi connectivity index (χ0) is 36.6. The van der Waals surface area contributed by atoms with Crippen molar-refractivity contribution in [1.29, 1.82) is 0 Å². The molecule has 0 radical (unpaired) electrons. The quantitative estimate of drug-likeness (QED) is 0.166. The average molecular weight is 702 g/mol. The molecule has 55 heavy (non-hydrogen) atoms. The van der Waals surface area contributed by atoms with Gasteiger partial charge in [0.05, 0.1) is 22.5 Å². The Hall–Kier alpha value is -7.23. The highest BCUT2D eigenvalue weighted by atomic mass is 14.9. The van der Waals surface area contributed by atoms with Crippen molar-refractivity contribution in [2.24, 2.45) is 0 Å². The van der Waals surface area contributed by atoms with Crippen molar-refractivity contribution in [3.8, 4) is 67.4 Å². The molecule has 10 rings (SSSR count). The molecule has 0 saturated carbocycles. The largest absolute Gasteiger partial charge is 0.256 e. The van der Waals surface area contributed by atoms with Crippen molar-refractivity contribution in [1.82, 2.24) is 15.0 Å². The third-order valence-electron chi connectivity index (χ3n) is 10.8. The number of hydrogen-bond donors (Lipinski definition) is 0. The van der Waals surface area contributed by atoms with Gasteiger partial charge in [-0.05, 0) is 74.8 Å². The molecule has 0 aliphatic heterocycles. The van der Waals surface area contributed by atoms with Crippen molar-refractivity contribution < 1.29 is 0 Å². The maximum atomic E-state index is 5.20. The molecule has 0 N–H and O–H groups in total. The van der Waals surface area contributed by atoms with Crippen LogP contribution in [-0.4, -0.2) is 15.0 Å². The summed E-state index contributed by atoms with van der Waals surface area (Å²) in [5.74, 6) is 0.681. The van der Waals surface area contributed by atoms with Crippen molar-refractivity contribution >= 4 is 0 Å². The fourth-order valence-electron chi connectivity index (χ4n) is 8.29. The molecular formula is C52H35N3. The summed E-state index contributed by atoms with van der Waals surface area (Å²) in [6.45, 7) is 0. The van der Waals surface area contributed by atoms with Crippen LogP contribution in [-0.2, 0) is 5.41 Å². The highest BCUT2D eigenvalue weighted by Gasteiger charge is 2.46. The van der Waals surface area contributed by atoms with Gasteiger partial charge in [-0.2, -0.15) is 0 Å². The van der Waals surface area contributed by atoms with E-state index in [1.54, 1.807) is 0 Å². The van der Waals surface area contributed by atoms with Gasteiger partial charge < -0.3 is 0 Å². The van der Waals surface area contributed by atoms with Gasteiger partial charge in [-0.1, -0.05) is 176 Å². The fraction of sp³-hybridized carbons (Fsp3) is 0.0192. The highest BCUT2D eigenvalue weighted by Crippen LogP contribution is 2.56. The monoisotopic (exact) mass is 701 g/mol. The predicted molar refractivity (Wildman–Crippen MR) is 224 cm³/mol. The molecule has 258 valence electrons. The second kappa shape index (κ2) is 13.6. The van der Waals surface area contributed by atoms with Gasteiger partial charge in [0.1, 0.15) is 0 Å². The predicted octanol–water partition coefficient (Wildman–Crippen LogP) is 12.6. The molecule has 9 aromatic rings. The number of nitrogens with zero attached hydrogens (tertiary/aromatic N) is 3. The number of fused-ring (bicyclic) bond motifs is 3. The summed E-state index contributed by atoms with van der Waals surface area (Å²) < 4.78 is 0. The van der Waals surface area contributed by atoms with Gasteiger partial charge in [-0.15, -0.1) is 0 Å². The van der Waals surface area contributed by atoms with Gasteiger partial charge in [-0.25, -0.2) is 9.97 Å². The molecular weight excluding hydrogens is 667 g/mol. The molecule has 0 saturated heterocycles. The zero-order valence-corrected chi connectivity index (χ0v) is 30.0. The molecule has 0 fully saturated rings. The Morgan fingerprint density at radius 3 is 1.55 bits per heavy atom. The maximum Gasteiger partial charge on any atom is 0.160 e. The van der Waals surface area contributed by atoms with E-state index in [-0.39, 0.29) is 0 Å². The minimum absolute atomic E-state index is 0.458. The normalized spacial score (nSPS) is 12.5. The Morgan fingerprint density at radius 2 is 0.836 bits per heavy atom. The van der Waals surface area contributed by atoms with Crippen LogP contribution in [0.3, 0.4) is 0 Å². The van der Waals surface area contributed by atoms with E-state index in [9.17, 15) is 0 Å². The molecule has 3 nitrogen and oxygen atoms in total. The summed E-state index contributed by atoms with van der Waals surface area (Å²) in [5.41, 5.74) is 16.3. The summed E-state index contributed by atoms with van der Waals surface area (Å²) in [5, 5.41) is 0. The van der Waals surface area contributed by atoms with Crippen LogP contribution in [0.2, 0.25) is 0 Å². The van der Waals surface area contributed by atoms with Crippen molar-refractivity contribution in [2.45, 2.75) is 5.41 Å². The first-order valence-corrected chi connectivity index (χ1v) is 18.7. The Bertz CT molecular complexity index is 2740. The fourth-order valence-corrected chi connectivity index (χ4v) is 8.29. The number of benzene rings is 7. The molecule has 0 atom stereocenters. The molecule has 0 unspecified atom stereocenters. The van der Waals surface area contributed by atoms with Crippen LogP contribution in [0, 0.1) is 0 Å². The molecule has 1 aliphatic carbocycles. The van der Waals surface area contributed by atoms with Crippen LogP contribution in [0.15, 0.2) is 212 Å². The smallest absolute Gasteiger partial charge is 0.160 e. The molecule has 1 aliphatic rings. The molecule has 7 aromatic carbocycles. The third kappa shape index (κ3) is 5.65. The van der Waals surface area contributed by atoms with Crippen molar-refractivity contribution in [2.75, 3.05) is 0 Å². The second-order valence-corrected chi connectivity index (χ2v) is 14.0. The number of rotatable bonds is 7. The van der Waals surface area contributed by atoms with Crippen LogP contribution in [0.4, 0.5) is 0 Å². The highest BCUT2D eigenvalue weighted by molar-refractivity contribution is 5.89. The number of hydrogen-bond acceptors (Lipinski definition) is 3. The molecule has 2 aromatic heterocycles. The van der Waals surface area contributed by atoms with E-state index >= 15 is 0 Å². The third-order valence-corrected chi connectivity index (χ3v) is 10.8. The first-order valence-electron chi connectivity index (χ1n) is 18.7. The van der Waals surface area contributed by atoms with E-state index in [4.69, 9.17) is 9.97 Å².